The first kappa shape index (κ1) is 16.0. The molecule has 1 aliphatic rings. The number of hydrogen-bond donors (Lipinski definition) is 0. The molecule has 3 rings (SSSR count). The standard InChI is InChI=1S/C18H24FN3O/c1-21-18(23)22(13-14-8-4-2-3-5-9-14)17(20-21)12-15-10-6-7-11-16(15)19/h6-7,10-11,14H,2-5,8-9,12-13H2,1H3. The molecule has 0 amide bonds. The zero-order chi connectivity index (χ0) is 16.2. The first-order valence-corrected chi connectivity index (χ1v) is 8.51. The van der Waals surface area contributed by atoms with Crippen LogP contribution in [0.5, 0.6) is 0 Å². The summed E-state index contributed by atoms with van der Waals surface area (Å²) in [6.45, 7) is 0.705. The fourth-order valence-corrected chi connectivity index (χ4v) is 3.49. The summed E-state index contributed by atoms with van der Waals surface area (Å²) in [4.78, 5) is 12.4. The van der Waals surface area contributed by atoms with Gasteiger partial charge in [0.2, 0.25) is 0 Å². The lowest BCUT2D eigenvalue weighted by atomic mass is 10.0. The van der Waals surface area contributed by atoms with Crippen molar-refractivity contribution in [2.75, 3.05) is 0 Å². The first-order chi connectivity index (χ1) is 11.1. The van der Waals surface area contributed by atoms with Gasteiger partial charge in [0, 0.05) is 20.0 Å². The number of benzene rings is 1. The van der Waals surface area contributed by atoms with Gasteiger partial charge in [0.1, 0.15) is 11.6 Å². The number of aryl methyl sites for hydroxylation is 1. The lowest BCUT2D eigenvalue weighted by Crippen LogP contribution is -2.26. The van der Waals surface area contributed by atoms with E-state index >= 15 is 0 Å². The summed E-state index contributed by atoms with van der Waals surface area (Å²) in [6, 6.07) is 6.70. The summed E-state index contributed by atoms with van der Waals surface area (Å²) >= 11 is 0. The average Bonchev–Trinajstić information content (AvgIpc) is 2.74. The maximum Gasteiger partial charge on any atom is 0.345 e. The van der Waals surface area contributed by atoms with E-state index in [0.717, 1.165) is 0 Å². The topological polar surface area (TPSA) is 39.8 Å². The van der Waals surface area contributed by atoms with Gasteiger partial charge in [-0.1, -0.05) is 43.9 Å². The van der Waals surface area contributed by atoms with Crippen molar-refractivity contribution in [3.63, 3.8) is 0 Å². The molecular formula is C18H24FN3O. The molecule has 1 aromatic carbocycles. The minimum atomic E-state index is -0.244. The molecule has 5 heteroatoms. The molecule has 1 aliphatic carbocycles. The Balaban J connectivity index is 1.84. The Bertz CT molecular complexity index is 711. The molecule has 0 unspecified atom stereocenters. The van der Waals surface area contributed by atoms with Gasteiger partial charge in [-0.3, -0.25) is 4.57 Å². The second kappa shape index (κ2) is 7.11. The van der Waals surface area contributed by atoms with Crippen LogP contribution < -0.4 is 5.69 Å². The van der Waals surface area contributed by atoms with Crippen LogP contribution in [0, 0.1) is 11.7 Å². The monoisotopic (exact) mass is 317 g/mol. The van der Waals surface area contributed by atoms with Gasteiger partial charge < -0.3 is 0 Å². The zero-order valence-corrected chi connectivity index (χ0v) is 13.7. The van der Waals surface area contributed by atoms with Crippen molar-refractivity contribution in [3.8, 4) is 0 Å². The number of rotatable bonds is 4. The zero-order valence-electron chi connectivity index (χ0n) is 13.7. The van der Waals surface area contributed by atoms with Crippen LogP contribution in [0.4, 0.5) is 4.39 Å². The van der Waals surface area contributed by atoms with Gasteiger partial charge in [0.05, 0.1) is 0 Å². The smallest absolute Gasteiger partial charge is 0.278 e. The Morgan fingerprint density at radius 3 is 2.57 bits per heavy atom. The van der Waals surface area contributed by atoms with Crippen molar-refractivity contribution in [1.82, 2.24) is 14.3 Å². The second-order valence-corrected chi connectivity index (χ2v) is 6.56. The minimum Gasteiger partial charge on any atom is -0.278 e. The second-order valence-electron chi connectivity index (χ2n) is 6.56. The average molecular weight is 317 g/mol. The summed E-state index contributed by atoms with van der Waals surface area (Å²) < 4.78 is 17.0. The molecule has 1 aromatic heterocycles. The third kappa shape index (κ3) is 3.71. The van der Waals surface area contributed by atoms with Gasteiger partial charge in [0.15, 0.2) is 0 Å². The molecule has 2 aromatic rings. The summed E-state index contributed by atoms with van der Waals surface area (Å²) in [6.07, 6.45) is 7.75. The molecule has 23 heavy (non-hydrogen) atoms. The maximum atomic E-state index is 13.9. The fraction of sp³-hybridized carbons (Fsp3) is 0.556. The van der Waals surface area contributed by atoms with Gasteiger partial charge in [0.25, 0.3) is 0 Å². The van der Waals surface area contributed by atoms with E-state index in [9.17, 15) is 9.18 Å². The molecule has 0 N–H and O–H groups in total. The largest absolute Gasteiger partial charge is 0.345 e. The summed E-state index contributed by atoms with van der Waals surface area (Å²) in [5.74, 6) is 0.942. The highest BCUT2D eigenvalue weighted by atomic mass is 19.1. The normalized spacial score (nSPS) is 16.4. The van der Waals surface area contributed by atoms with Crippen LogP contribution in [0.25, 0.3) is 0 Å². The van der Waals surface area contributed by atoms with Crippen molar-refractivity contribution in [3.05, 3.63) is 52.0 Å². The van der Waals surface area contributed by atoms with E-state index in [4.69, 9.17) is 0 Å². The van der Waals surface area contributed by atoms with Crippen molar-refractivity contribution < 1.29 is 4.39 Å². The third-order valence-electron chi connectivity index (χ3n) is 4.81. The van der Waals surface area contributed by atoms with Crippen LogP contribution in [0.3, 0.4) is 0 Å². The lowest BCUT2D eigenvalue weighted by Gasteiger charge is -2.15. The highest BCUT2D eigenvalue weighted by Gasteiger charge is 2.19. The van der Waals surface area contributed by atoms with E-state index in [1.54, 1.807) is 23.7 Å². The Morgan fingerprint density at radius 1 is 1.17 bits per heavy atom. The Hall–Kier alpha value is -1.91. The maximum absolute atomic E-state index is 13.9. The van der Waals surface area contributed by atoms with Crippen LogP contribution in [0.15, 0.2) is 29.1 Å². The van der Waals surface area contributed by atoms with E-state index in [1.807, 2.05) is 6.07 Å². The van der Waals surface area contributed by atoms with E-state index in [-0.39, 0.29) is 11.5 Å². The van der Waals surface area contributed by atoms with E-state index in [1.165, 1.54) is 49.3 Å². The predicted molar refractivity (Wildman–Crippen MR) is 87.9 cm³/mol. The molecule has 0 saturated heterocycles. The molecule has 4 nitrogen and oxygen atoms in total. The Morgan fingerprint density at radius 2 is 1.87 bits per heavy atom. The summed E-state index contributed by atoms with van der Waals surface area (Å²) in [7, 11) is 1.66. The minimum absolute atomic E-state index is 0.0967. The molecule has 0 spiro atoms. The van der Waals surface area contributed by atoms with Gasteiger partial charge in [-0.2, -0.15) is 5.10 Å². The number of aromatic nitrogens is 3. The molecular weight excluding hydrogens is 293 g/mol. The van der Waals surface area contributed by atoms with Crippen molar-refractivity contribution in [1.29, 1.82) is 0 Å². The molecule has 124 valence electrons. The van der Waals surface area contributed by atoms with Gasteiger partial charge in [-0.25, -0.2) is 13.9 Å². The highest BCUT2D eigenvalue weighted by molar-refractivity contribution is 5.21. The van der Waals surface area contributed by atoms with E-state index in [2.05, 4.69) is 5.10 Å². The number of nitrogens with zero attached hydrogens (tertiary/aromatic N) is 3. The predicted octanol–water partition coefficient (Wildman–Crippen LogP) is 3.28. The SMILES string of the molecule is Cn1nc(Cc2ccccc2F)n(CC2CCCCCC2)c1=O. The molecule has 1 fully saturated rings. The Kier molecular flexibility index (Phi) is 4.94. The molecule has 1 heterocycles. The lowest BCUT2D eigenvalue weighted by molar-refractivity contribution is 0.383. The molecule has 1 saturated carbocycles. The fourth-order valence-electron chi connectivity index (χ4n) is 3.49. The Labute approximate surface area is 135 Å². The van der Waals surface area contributed by atoms with Crippen LogP contribution in [-0.2, 0) is 20.0 Å². The van der Waals surface area contributed by atoms with Gasteiger partial charge in [-0.05, 0) is 30.4 Å². The number of halogens is 1. The van der Waals surface area contributed by atoms with Crippen molar-refractivity contribution in [2.24, 2.45) is 13.0 Å². The van der Waals surface area contributed by atoms with Crippen LogP contribution in [0.2, 0.25) is 0 Å². The summed E-state index contributed by atoms with van der Waals surface area (Å²) in [5.41, 5.74) is 0.487. The molecule has 0 aliphatic heterocycles. The van der Waals surface area contributed by atoms with Crippen LogP contribution >= 0.6 is 0 Å². The van der Waals surface area contributed by atoms with Crippen molar-refractivity contribution >= 4 is 0 Å². The molecule has 0 atom stereocenters. The van der Waals surface area contributed by atoms with Crippen LogP contribution in [-0.4, -0.2) is 14.3 Å². The van der Waals surface area contributed by atoms with Gasteiger partial charge >= 0.3 is 5.69 Å². The third-order valence-corrected chi connectivity index (χ3v) is 4.81. The van der Waals surface area contributed by atoms with E-state index < -0.39 is 0 Å². The van der Waals surface area contributed by atoms with Crippen LogP contribution in [0.1, 0.15) is 49.9 Å². The van der Waals surface area contributed by atoms with Crippen molar-refractivity contribution in [2.45, 2.75) is 51.5 Å². The van der Waals surface area contributed by atoms with Gasteiger partial charge in [-0.15, -0.1) is 0 Å². The number of hydrogen-bond acceptors (Lipinski definition) is 2. The van der Waals surface area contributed by atoms with E-state index in [0.29, 0.717) is 30.3 Å². The highest BCUT2D eigenvalue weighted by Crippen LogP contribution is 2.24. The molecule has 0 bridgehead atoms. The first-order valence-electron chi connectivity index (χ1n) is 8.51. The summed E-state index contributed by atoms with van der Waals surface area (Å²) in [5, 5.41) is 4.34. The molecule has 0 radical (unpaired) electrons. The quantitative estimate of drug-likeness (QED) is 0.812.